The van der Waals surface area contributed by atoms with Crippen molar-refractivity contribution in [3.8, 4) is 17.2 Å². The second-order valence-electron chi connectivity index (χ2n) is 5.73. The maximum Gasteiger partial charge on any atom is 0.245 e. The minimum absolute atomic E-state index is 0.276. The van der Waals surface area contributed by atoms with Crippen LogP contribution in [0, 0.1) is 17.2 Å². The normalized spacial score (nSPS) is 12.7. The van der Waals surface area contributed by atoms with Gasteiger partial charge in [-0.25, -0.2) is 0 Å². The fourth-order valence-electron chi connectivity index (χ4n) is 2.48. The molecule has 0 saturated carbocycles. The summed E-state index contributed by atoms with van der Waals surface area (Å²) >= 11 is 0. The third kappa shape index (κ3) is 4.75. The Hall–Kier alpha value is -2.97. The Morgan fingerprint density at radius 1 is 1.08 bits per heavy atom. The van der Waals surface area contributed by atoms with E-state index in [4.69, 9.17) is 4.74 Å². The van der Waals surface area contributed by atoms with Crippen LogP contribution in [0.15, 0.2) is 54.6 Å². The van der Waals surface area contributed by atoms with Crippen molar-refractivity contribution in [1.82, 2.24) is 5.32 Å². The Bertz CT molecular complexity index is 764. The molecule has 5 nitrogen and oxygen atoms in total. The Balaban J connectivity index is 2.13. The average Bonchev–Trinajstić information content (AvgIpc) is 2.63. The first-order chi connectivity index (χ1) is 12.1. The molecule has 0 radical (unpaired) electrons. The molecule has 5 heteroatoms. The number of amides is 1. The number of ether oxygens (including phenoxy) is 1. The zero-order valence-corrected chi connectivity index (χ0v) is 14.2. The summed E-state index contributed by atoms with van der Waals surface area (Å²) in [6, 6.07) is 18.2. The van der Waals surface area contributed by atoms with Crippen molar-refractivity contribution < 1.29 is 14.3 Å². The summed E-state index contributed by atoms with van der Waals surface area (Å²) in [4.78, 5) is 24.6. The van der Waals surface area contributed by atoms with Crippen LogP contribution in [0.5, 0.6) is 0 Å². The van der Waals surface area contributed by atoms with E-state index in [0.29, 0.717) is 12.2 Å². The van der Waals surface area contributed by atoms with E-state index in [1.165, 1.54) is 7.11 Å². The summed E-state index contributed by atoms with van der Waals surface area (Å²) < 4.78 is 4.94. The zero-order valence-electron chi connectivity index (χ0n) is 14.2. The number of carbonyl (C=O) groups is 2. The molecule has 0 fully saturated rings. The molecule has 0 saturated heterocycles. The topological polar surface area (TPSA) is 79.2 Å². The molecule has 2 rings (SSSR count). The standard InChI is InChI=1S/C20H20N2O3/c1-14(13-25-2)22-20(24)18(12-21)19(23)17-10-8-16(9-11-17)15-6-4-3-5-7-15/h3-11,14,18H,13H2,1-2H3,(H,22,24)/t14-,18-/m1/s1. The number of nitrogens with zero attached hydrogens (tertiary/aromatic N) is 1. The molecule has 1 amide bonds. The fraction of sp³-hybridized carbons (Fsp3) is 0.250. The molecule has 2 atom stereocenters. The lowest BCUT2D eigenvalue weighted by molar-refractivity contribution is -0.123. The molecule has 0 bridgehead atoms. The lowest BCUT2D eigenvalue weighted by atomic mass is 9.95. The summed E-state index contributed by atoms with van der Waals surface area (Å²) in [7, 11) is 1.52. The molecule has 2 aromatic carbocycles. The molecule has 1 N–H and O–H groups in total. The van der Waals surface area contributed by atoms with E-state index < -0.39 is 17.6 Å². The Kier molecular flexibility index (Phi) is 6.44. The number of hydrogen-bond donors (Lipinski definition) is 1. The van der Waals surface area contributed by atoms with Crippen LogP contribution in [0.25, 0.3) is 11.1 Å². The zero-order chi connectivity index (χ0) is 18.2. The molecule has 0 unspecified atom stereocenters. The number of carbonyl (C=O) groups excluding carboxylic acids is 2. The first-order valence-electron chi connectivity index (χ1n) is 7.95. The number of Topliss-reactive ketones (excluding diaryl/α,β-unsaturated/α-hetero) is 1. The van der Waals surface area contributed by atoms with Crippen molar-refractivity contribution in [3.63, 3.8) is 0 Å². The number of rotatable bonds is 7. The van der Waals surface area contributed by atoms with Crippen LogP contribution in [-0.4, -0.2) is 31.4 Å². The van der Waals surface area contributed by atoms with Crippen molar-refractivity contribution >= 4 is 11.7 Å². The summed E-state index contributed by atoms with van der Waals surface area (Å²) in [5, 5.41) is 11.9. The highest BCUT2D eigenvalue weighted by Gasteiger charge is 2.28. The summed E-state index contributed by atoms with van der Waals surface area (Å²) in [5.74, 6) is -2.49. The smallest absolute Gasteiger partial charge is 0.245 e. The number of nitriles is 1. The van der Waals surface area contributed by atoms with Gasteiger partial charge in [-0.05, 0) is 18.1 Å². The monoisotopic (exact) mass is 336 g/mol. The minimum Gasteiger partial charge on any atom is -0.383 e. The first kappa shape index (κ1) is 18.4. The quantitative estimate of drug-likeness (QED) is 0.623. The van der Waals surface area contributed by atoms with Crippen molar-refractivity contribution in [2.75, 3.05) is 13.7 Å². The van der Waals surface area contributed by atoms with E-state index in [1.807, 2.05) is 42.5 Å². The van der Waals surface area contributed by atoms with Crippen LogP contribution in [0.2, 0.25) is 0 Å². The van der Waals surface area contributed by atoms with Crippen LogP contribution in [0.1, 0.15) is 17.3 Å². The van der Waals surface area contributed by atoms with E-state index >= 15 is 0 Å². The highest BCUT2D eigenvalue weighted by atomic mass is 16.5. The van der Waals surface area contributed by atoms with Crippen molar-refractivity contribution in [3.05, 3.63) is 60.2 Å². The van der Waals surface area contributed by atoms with Crippen molar-refractivity contribution in [2.24, 2.45) is 5.92 Å². The summed E-state index contributed by atoms with van der Waals surface area (Å²) in [6.07, 6.45) is 0. The van der Waals surface area contributed by atoms with E-state index in [-0.39, 0.29) is 6.04 Å². The van der Waals surface area contributed by atoms with E-state index in [2.05, 4.69) is 5.32 Å². The van der Waals surface area contributed by atoms with Gasteiger partial charge in [-0.2, -0.15) is 5.26 Å². The van der Waals surface area contributed by atoms with Crippen LogP contribution in [-0.2, 0) is 9.53 Å². The first-order valence-corrected chi connectivity index (χ1v) is 7.95. The van der Waals surface area contributed by atoms with Gasteiger partial charge in [0.05, 0.1) is 12.7 Å². The molecule has 128 valence electrons. The van der Waals surface area contributed by atoms with Gasteiger partial charge in [-0.15, -0.1) is 0 Å². The Morgan fingerprint density at radius 3 is 2.24 bits per heavy atom. The minimum atomic E-state index is -1.37. The molecule has 0 spiro atoms. The van der Waals surface area contributed by atoms with Gasteiger partial charge in [0.25, 0.3) is 0 Å². The third-order valence-corrected chi connectivity index (χ3v) is 3.74. The lowest BCUT2D eigenvalue weighted by Crippen LogP contribution is -2.41. The molecule has 0 aromatic heterocycles. The Labute approximate surface area is 147 Å². The second kappa shape index (κ2) is 8.76. The highest BCUT2D eigenvalue weighted by molar-refractivity contribution is 6.12. The van der Waals surface area contributed by atoms with Gasteiger partial charge in [0.1, 0.15) is 0 Å². The van der Waals surface area contributed by atoms with Gasteiger partial charge in [-0.1, -0.05) is 54.6 Å². The molecular weight excluding hydrogens is 316 g/mol. The summed E-state index contributed by atoms with van der Waals surface area (Å²) in [5.41, 5.74) is 2.33. The third-order valence-electron chi connectivity index (χ3n) is 3.74. The SMILES string of the molecule is COC[C@@H](C)NC(=O)[C@H](C#N)C(=O)c1ccc(-c2ccccc2)cc1. The fourth-order valence-corrected chi connectivity index (χ4v) is 2.48. The molecule has 25 heavy (non-hydrogen) atoms. The van der Waals surface area contributed by atoms with Gasteiger partial charge < -0.3 is 10.1 Å². The summed E-state index contributed by atoms with van der Waals surface area (Å²) in [6.45, 7) is 2.05. The van der Waals surface area contributed by atoms with E-state index in [9.17, 15) is 14.9 Å². The molecule has 0 aliphatic carbocycles. The van der Waals surface area contributed by atoms with Gasteiger partial charge >= 0.3 is 0 Å². The molecular formula is C20H20N2O3. The van der Waals surface area contributed by atoms with Crippen LogP contribution < -0.4 is 5.32 Å². The highest BCUT2D eigenvalue weighted by Crippen LogP contribution is 2.20. The van der Waals surface area contributed by atoms with Gasteiger partial charge in [0.15, 0.2) is 11.7 Å². The number of benzene rings is 2. The molecule has 0 heterocycles. The maximum absolute atomic E-state index is 12.5. The second-order valence-corrected chi connectivity index (χ2v) is 5.73. The van der Waals surface area contributed by atoms with Crippen LogP contribution in [0.4, 0.5) is 0 Å². The number of methoxy groups -OCH3 is 1. The molecule has 0 aliphatic heterocycles. The van der Waals surface area contributed by atoms with Gasteiger partial charge in [-0.3, -0.25) is 9.59 Å². The number of hydrogen-bond acceptors (Lipinski definition) is 4. The predicted octanol–water partition coefficient (Wildman–Crippen LogP) is 2.83. The lowest BCUT2D eigenvalue weighted by Gasteiger charge is -2.15. The van der Waals surface area contributed by atoms with Crippen molar-refractivity contribution in [2.45, 2.75) is 13.0 Å². The van der Waals surface area contributed by atoms with E-state index in [0.717, 1.165) is 11.1 Å². The number of nitrogens with one attached hydrogen (secondary N) is 1. The largest absolute Gasteiger partial charge is 0.383 e. The number of ketones is 1. The van der Waals surface area contributed by atoms with Crippen LogP contribution >= 0.6 is 0 Å². The predicted molar refractivity (Wildman–Crippen MR) is 94.8 cm³/mol. The Morgan fingerprint density at radius 2 is 1.68 bits per heavy atom. The average molecular weight is 336 g/mol. The molecule has 2 aromatic rings. The van der Waals surface area contributed by atoms with E-state index in [1.54, 1.807) is 25.1 Å². The van der Waals surface area contributed by atoms with Gasteiger partial charge in [0, 0.05) is 18.7 Å². The van der Waals surface area contributed by atoms with Crippen molar-refractivity contribution in [1.29, 1.82) is 5.26 Å². The maximum atomic E-state index is 12.5. The molecule has 0 aliphatic rings. The van der Waals surface area contributed by atoms with Crippen LogP contribution in [0.3, 0.4) is 0 Å². The van der Waals surface area contributed by atoms with Gasteiger partial charge in [0.2, 0.25) is 5.91 Å².